The van der Waals surface area contributed by atoms with Crippen molar-refractivity contribution in [2.75, 3.05) is 20.3 Å². The molecule has 2 heterocycles. The number of rotatable bonds is 5. The average molecular weight is 445 g/mol. The van der Waals surface area contributed by atoms with Crippen LogP contribution in [0.5, 0.6) is 17.2 Å². The van der Waals surface area contributed by atoms with Gasteiger partial charge in [0.2, 0.25) is 5.43 Å². The van der Waals surface area contributed by atoms with Gasteiger partial charge >= 0.3 is 0 Å². The number of carbonyl (C=O) groups is 1. The molecule has 5 rings (SSSR count). The lowest BCUT2D eigenvalue weighted by Crippen LogP contribution is -2.22. The molecule has 1 aliphatic heterocycles. The maximum Gasteiger partial charge on any atom is 0.200 e. The lowest BCUT2D eigenvalue weighted by atomic mass is 10.0. The average Bonchev–Trinajstić information content (AvgIpc) is 2.85. The molecule has 0 atom stereocenters. The number of pyridine rings is 1. The summed E-state index contributed by atoms with van der Waals surface area (Å²) in [5.41, 5.74) is 0.870. The Morgan fingerprint density at radius 1 is 1.03 bits per heavy atom. The van der Waals surface area contributed by atoms with Crippen LogP contribution in [0.1, 0.15) is 21.5 Å². The third-order valence-electron chi connectivity index (χ3n) is 5.64. The van der Waals surface area contributed by atoms with Gasteiger partial charge in [0, 0.05) is 23.4 Å². The highest BCUT2D eigenvalue weighted by molar-refractivity contribution is 6.10. The van der Waals surface area contributed by atoms with Crippen molar-refractivity contribution in [3.63, 3.8) is 0 Å². The molecule has 0 saturated carbocycles. The van der Waals surface area contributed by atoms with E-state index >= 15 is 0 Å². The second-order valence-corrected chi connectivity index (χ2v) is 7.66. The molecule has 0 spiro atoms. The molecule has 0 aliphatic carbocycles. The number of hydrogen-bond acceptors (Lipinski definition) is 5. The summed E-state index contributed by atoms with van der Waals surface area (Å²) in [5.74, 6) is 0.749. The van der Waals surface area contributed by atoms with E-state index in [0.29, 0.717) is 52.5 Å². The number of ether oxygens (including phenoxy) is 3. The molecular formula is C26H20FNO5. The molecule has 0 unspecified atom stereocenters. The lowest BCUT2D eigenvalue weighted by Gasteiger charge is -2.21. The molecule has 1 aromatic heterocycles. The van der Waals surface area contributed by atoms with Gasteiger partial charge in [0.05, 0.1) is 30.1 Å². The zero-order valence-corrected chi connectivity index (χ0v) is 17.8. The summed E-state index contributed by atoms with van der Waals surface area (Å²) >= 11 is 0. The van der Waals surface area contributed by atoms with Crippen LogP contribution in [0.3, 0.4) is 0 Å². The Bertz CT molecular complexity index is 1430. The van der Waals surface area contributed by atoms with Crippen LogP contribution in [0.15, 0.2) is 71.7 Å². The normalized spacial score (nSPS) is 12.5. The van der Waals surface area contributed by atoms with Crippen LogP contribution >= 0.6 is 0 Å². The first-order chi connectivity index (χ1) is 16.0. The van der Waals surface area contributed by atoms with E-state index in [0.717, 1.165) is 0 Å². The third-order valence-corrected chi connectivity index (χ3v) is 5.64. The van der Waals surface area contributed by atoms with E-state index in [1.54, 1.807) is 59.2 Å². The van der Waals surface area contributed by atoms with Gasteiger partial charge in [0.25, 0.3) is 0 Å². The fourth-order valence-electron chi connectivity index (χ4n) is 3.93. The summed E-state index contributed by atoms with van der Waals surface area (Å²) in [4.78, 5) is 26.7. The first-order valence-electron chi connectivity index (χ1n) is 10.4. The predicted molar refractivity (Wildman–Crippen MR) is 121 cm³/mol. The Hall–Kier alpha value is -4.13. The van der Waals surface area contributed by atoms with Gasteiger partial charge in [-0.1, -0.05) is 18.2 Å². The van der Waals surface area contributed by atoms with Crippen molar-refractivity contribution in [1.82, 2.24) is 4.57 Å². The van der Waals surface area contributed by atoms with Crippen LogP contribution in [0.25, 0.3) is 10.9 Å². The molecule has 0 amide bonds. The second kappa shape index (κ2) is 8.43. The van der Waals surface area contributed by atoms with Crippen LogP contribution in [0.2, 0.25) is 0 Å². The van der Waals surface area contributed by atoms with E-state index < -0.39 is 11.2 Å². The molecule has 1 aliphatic rings. The Kier molecular flexibility index (Phi) is 5.30. The van der Waals surface area contributed by atoms with Crippen molar-refractivity contribution in [1.29, 1.82) is 0 Å². The number of hydrogen-bond donors (Lipinski definition) is 0. The van der Waals surface area contributed by atoms with E-state index in [-0.39, 0.29) is 17.9 Å². The van der Waals surface area contributed by atoms with Crippen molar-refractivity contribution in [3.05, 3.63) is 99.6 Å². The monoisotopic (exact) mass is 445 g/mol. The van der Waals surface area contributed by atoms with Gasteiger partial charge in [0.15, 0.2) is 17.3 Å². The molecule has 7 heteroatoms. The van der Waals surface area contributed by atoms with Gasteiger partial charge in [-0.2, -0.15) is 0 Å². The predicted octanol–water partition coefficient (Wildman–Crippen LogP) is 4.20. The van der Waals surface area contributed by atoms with Crippen LogP contribution in [0.4, 0.5) is 4.39 Å². The quantitative estimate of drug-likeness (QED) is 0.431. The highest BCUT2D eigenvalue weighted by atomic mass is 19.1. The molecule has 0 saturated heterocycles. The summed E-state index contributed by atoms with van der Waals surface area (Å²) < 4.78 is 32.6. The van der Waals surface area contributed by atoms with Crippen molar-refractivity contribution < 1.29 is 23.4 Å². The molecular weight excluding hydrogens is 425 g/mol. The molecule has 166 valence electrons. The number of carbonyl (C=O) groups excluding carboxylic acids is 1. The SMILES string of the molecule is COc1ccc(C(=O)c2cn(Cc3ccccc3F)c3cc4c(cc3c2=O)OCCO4)cc1. The summed E-state index contributed by atoms with van der Waals surface area (Å²) in [7, 11) is 1.54. The number of nitrogens with zero attached hydrogens (tertiary/aromatic N) is 1. The minimum Gasteiger partial charge on any atom is -0.497 e. The number of aromatic nitrogens is 1. The van der Waals surface area contributed by atoms with Crippen molar-refractivity contribution in [3.8, 4) is 17.2 Å². The zero-order valence-electron chi connectivity index (χ0n) is 17.8. The first-order valence-corrected chi connectivity index (χ1v) is 10.4. The maximum atomic E-state index is 14.4. The highest BCUT2D eigenvalue weighted by Crippen LogP contribution is 2.34. The van der Waals surface area contributed by atoms with E-state index in [4.69, 9.17) is 14.2 Å². The van der Waals surface area contributed by atoms with Crippen molar-refractivity contribution >= 4 is 16.7 Å². The molecule has 6 nitrogen and oxygen atoms in total. The molecule has 3 aromatic carbocycles. The Balaban J connectivity index is 1.70. The minimum atomic E-state index is -0.429. The summed E-state index contributed by atoms with van der Waals surface area (Å²) in [6.07, 6.45) is 1.49. The van der Waals surface area contributed by atoms with Crippen molar-refractivity contribution in [2.45, 2.75) is 6.54 Å². The highest BCUT2D eigenvalue weighted by Gasteiger charge is 2.21. The number of methoxy groups -OCH3 is 1. The summed E-state index contributed by atoms with van der Waals surface area (Å²) in [5, 5.41) is 0.301. The first kappa shape index (κ1) is 20.8. The maximum absolute atomic E-state index is 14.4. The third kappa shape index (κ3) is 3.82. The van der Waals surface area contributed by atoms with Crippen LogP contribution in [-0.2, 0) is 6.54 Å². The number of halogens is 1. The zero-order chi connectivity index (χ0) is 22.9. The summed E-state index contributed by atoms with van der Waals surface area (Å²) in [6, 6.07) is 16.2. The molecule has 0 fully saturated rings. The Morgan fingerprint density at radius 2 is 1.73 bits per heavy atom. The van der Waals surface area contributed by atoms with E-state index in [1.807, 2.05) is 0 Å². The molecule has 4 aromatic rings. The van der Waals surface area contributed by atoms with Gasteiger partial charge in [-0.25, -0.2) is 4.39 Å². The van der Waals surface area contributed by atoms with Gasteiger partial charge in [0.1, 0.15) is 24.8 Å². The fourth-order valence-corrected chi connectivity index (χ4v) is 3.93. The Morgan fingerprint density at radius 3 is 2.42 bits per heavy atom. The molecule has 0 radical (unpaired) electrons. The van der Waals surface area contributed by atoms with E-state index in [2.05, 4.69) is 0 Å². The number of benzene rings is 3. The molecule has 0 N–H and O–H groups in total. The van der Waals surface area contributed by atoms with Crippen LogP contribution in [0, 0.1) is 5.82 Å². The molecule has 33 heavy (non-hydrogen) atoms. The lowest BCUT2D eigenvalue weighted by molar-refractivity contribution is 0.103. The Labute approximate surface area is 188 Å². The van der Waals surface area contributed by atoms with E-state index in [1.165, 1.54) is 19.4 Å². The van der Waals surface area contributed by atoms with Crippen LogP contribution < -0.4 is 19.6 Å². The van der Waals surface area contributed by atoms with Gasteiger partial charge < -0.3 is 18.8 Å². The standard InChI is InChI=1S/C26H20FNO5/c1-31-18-8-6-16(7-9-18)25(29)20-15-28(14-17-4-2-3-5-21(17)27)22-13-24-23(32-10-11-33-24)12-19(22)26(20)30/h2-9,12-13,15H,10-11,14H2,1H3. The topological polar surface area (TPSA) is 66.8 Å². The number of fused-ring (bicyclic) bond motifs is 2. The largest absolute Gasteiger partial charge is 0.497 e. The van der Waals surface area contributed by atoms with Gasteiger partial charge in [-0.3, -0.25) is 9.59 Å². The van der Waals surface area contributed by atoms with Gasteiger partial charge in [-0.15, -0.1) is 0 Å². The van der Waals surface area contributed by atoms with Crippen molar-refractivity contribution in [2.24, 2.45) is 0 Å². The van der Waals surface area contributed by atoms with Gasteiger partial charge in [-0.05, 0) is 36.4 Å². The number of ketones is 1. The van der Waals surface area contributed by atoms with Crippen LogP contribution in [-0.4, -0.2) is 30.7 Å². The summed E-state index contributed by atoms with van der Waals surface area (Å²) in [6.45, 7) is 0.891. The molecule has 0 bridgehead atoms. The fraction of sp³-hybridized carbons (Fsp3) is 0.154. The van der Waals surface area contributed by atoms with E-state index in [9.17, 15) is 14.0 Å². The smallest absolute Gasteiger partial charge is 0.200 e. The second-order valence-electron chi connectivity index (χ2n) is 7.66. The minimum absolute atomic E-state index is 0.0133.